The number of hydrogen-bond donors (Lipinski definition) is 1. The molecule has 0 aliphatic rings. The van der Waals surface area contributed by atoms with Crippen LogP contribution in [0.2, 0.25) is 0 Å². The molecule has 0 aliphatic carbocycles. The van der Waals surface area contributed by atoms with E-state index in [1.807, 2.05) is 19.0 Å². The fraction of sp³-hybridized carbons (Fsp3) is 0.615. The molecule has 0 saturated carbocycles. The number of thiazole rings is 1. The van der Waals surface area contributed by atoms with Gasteiger partial charge >= 0.3 is 0 Å². The van der Waals surface area contributed by atoms with Crippen LogP contribution in [0.3, 0.4) is 0 Å². The summed E-state index contributed by atoms with van der Waals surface area (Å²) in [6.45, 7) is 5.35. The molecule has 1 aromatic rings. The Morgan fingerprint density at radius 2 is 2.22 bits per heavy atom. The number of hydrogen-bond acceptors (Lipinski definition) is 5. The van der Waals surface area contributed by atoms with E-state index < -0.39 is 0 Å². The number of methoxy groups -OCH3 is 1. The predicted octanol–water partition coefficient (Wildman–Crippen LogP) is 2.62. The predicted molar refractivity (Wildman–Crippen MR) is 79.8 cm³/mol. The Morgan fingerprint density at radius 1 is 1.50 bits per heavy atom. The van der Waals surface area contributed by atoms with Gasteiger partial charge in [-0.3, -0.25) is 0 Å². The van der Waals surface area contributed by atoms with E-state index in [2.05, 4.69) is 36.3 Å². The van der Waals surface area contributed by atoms with E-state index >= 15 is 0 Å². The fourth-order valence-electron chi connectivity index (χ4n) is 1.42. The number of nitrogens with one attached hydrogen (secondary N) is 1. The molecule has 1 N–H and O–H groups in total. The van der Waals surface area contributed by atoms with Crippen molar-refractivity contribution < 1.29 is 4.74 Å². The third-order valence-corrected chi connectivity index (χ3v) is 3.61. The molecular formula is C13H23N3OS. The smallest absolute Gasteiger partial charge is 0.233 e. The van der Waals surface area contributed by atoms with Gasteiger partial charge in [0.05, 0.1) is 12.0 Å². The first-order valence-corrected chi connectivity index (χ1v) is 7.03. The standard InChI is InChI=1S/C13H23N3OS/c1-6-9-14-10(2)7-8-11-12(17-5)15-13(18-11)16(3)4/h7-8,10,14H,6,9H2,1-5H3/b8-7+. The average molecular weight is 269 g/mol. The molecule has 0 fully saturated rings. The fourth-order valence-corrected chi connectivity index (χ4v) is 2.29. The molecule has 4 nitrogen and oxygen atoms in total. The zero-order valence-electron chi connectivity index (χ0n) is 11.9. The minimum absolute atomic E-state index is 0.361. The lowest BCUT2D eigenvalue weighted by atomic mass is 10.3. The van der Waals surface area contributed by atoms with Crippen molar-refractivity contribution in [1.29, 1.82) is 0 Å². The number of nitrogens with zero attached hydrogens (tertiary/aromatic N) is 2. The quantitative estimate of drug-likeness (QED) is 0.825. The highest BCUT2D eigenvalue weighted by molar-refractivity contribution is 7.16. The minimum Gasteiger partial charge on any atom is -0.480 e. The van der Waals surface area contributed by atoms with Crippen LogP contribution in [0.4, 0.5) is 5.13 Å². The zero-order valence-corrected chi connectivity index (χ0v) is 12.7. The summed E-state index contributed by atoms with van der Waals surface area (Å²) in [6.07, 6.45) is 5.37. The van der Waals surface area contributed by atoms with E-state index in [-0.39, 0.29) is 0 Å². The second kappa shape index (κ2) is 7.38. The SMILES string of the molecule is CCCNC(C)/C=C/c1sc(N(C)C)nc1OC. The lowest BCUT2D eigenvalue weighted by Gasteiger charge is -2.07. The molecule has 5 heteroatoms. The summed E-state index contributed by atoms with van der Waals surface area (Å²) < 4.78 is 5.29. The van der Waals surface area contributed by atoms with Crippen LogP contribution in [0.1, 0.15) is 25.1 Å². The van der Waals surface area contributed by atoms with E-state index in [1.165, 1.54) is 0 Å². The topological polar surface area (TPSA) is 37.4 Å². The Bertz CT molecular complexity index is 388. The highest BCUT2D eigenvalue weighted by Gasteiger charge is 2.10. The van der Waals surface area contributed by atoms with Gasteiger partial charge in [0.15, 0.2) is 5.13 Å². The van der Waals surface area contributed by atoms with E-state index in [0.717, 1.165) is 23.0 Å². The van der Waals surface area contributed by atoms with Crippen molar-refractivity contribution in [3.63, 3.8) is 0 Å². The lowest BCUT2D eigenvalue weighted by molar-refractivity contribution is 0.400. The summed E-state index contributed by atoms with van der Waals surface area (Å²) in [4.78, 5) is 7.47. The summed E-state index contributed by atoms with van der Waals surface area (Å²) in [5.74, 6) is 0.697. The van der Waals surface area contributed by atoms with Gasteiger partial charge in [-0.2, -0.15) is 4.98 Å². The highest BCUT2D eigenvalue weighted by atomic mass is 32.1. The van der Waals surface area contributed by atoms with E-state index in [1.54, 1.807) is 18.4 Å². The van der Waals surface area contributed by atoms with Crippen molar-refractivity contribution in [3.05, 3.63) is 11.0 Å². The van der Waals surface area contributed by atoms with Crippen molar-refractivity contribution in [2.75, 3.05) is 32.6 Å². The van der Waals surface area contributed by atoms with E-state index in [0.29, 0.717) is 11.9 Å². The van der Waals surface area contributed by atoms with Gasteiger partial charge in [0, 0.05) is 20.1 Å². The molecule has 0 spiro atoms. The molecule has 0 saturated heterocycles. The highest BCUT2D eigenvalue weighted by Crippen LogP contribution is 2.31. The Hall–Kier alpha value is -1.07. The van der Waals surface area contributed by atoms with Crippen LogP contribution in [0.5, 0.6) is 5.88 Å². The largest absolute Gasteiger partial charge is 0.480 e. The Balaban J connectivity index is 2.73. The number of anilines is 1. The Labute approximate surface area is 114 Å². The van der Waals surface area contributed by atoms with Crippen LogP contribution in [0.15, 0.2) is 6.08 Å². The summed E-state index contributed by atoms with van der Waals surface area (Å²) in [5, 5.41) is 4.37. The third-order valence-electron chi connectivity index (χ3n) is 2.44. The van der Waals surface area contributed by atoms with Gasteiger partial charge in [0.1, 0.15) is 0 Å². The first kappa shape index (κ1) is 15.0. The first-order chi connectivity index (χ1) is 8.58. The molecular weight excluding hydrogens is 246 g/mol. The van der Waals surface area contributed by atoms with Gasteiger partial charge < -0.3 is 15.0 Å². The molecule has 1 heterocycles. The first-order valence-electron chi connectivity index (χ1n) is 6.22. The molecule has 1 rings (SSSR count). The van der Waals surface area contributed by atoms with Gasteiger partial charge in [-0.15, -0.1) is 0 Å². The van der Waals surface area contributed by atoms with Crippen molar-refractivity contribution in [2.45, 2.75) is 26.3 Å². The Kier molecular flexibility index (Phi) is 6.15. The summed E-state index contributed by atoms with van der Waals surface area (Å²) in [7, 11) is 5.62. The monoisotopic (exact) mass is 269 g/mol. The van der Waals surface area contributed by atoms with Crippen molar-refractivity contribution in [3.8, 4) is 5.88 Å². The number of ether oxygens (including phenoxy) is 1. The molecule has 1 aromatic heterocycles. The maximum Gasteiger partial charge on any atom is 0.233 e. The van der Waals surface area contributed by atoms with Gasteiger partial charge in [0.2, 0.25) is 5.88 Å². The average Bonchev–Trinajstić information content (AvgIpc) is 2.77. The number of rotatable bonds is 7. The molecule has 0 bridgehead atoms. The maximum absolute atomic E-state index is 5.29. The van der Waals surface area contributed by atoms with Crippen molar-refractivity contribution in [1.82, 2.24) is 10.3 Å². The van der Waals surface area contributed by atoms with Crippen molar-refractivity contribution >= 4 is 22.5 Å². The molecule has 0 aliphatic heterocycles. The van der Waals surface area contributed by atoms with Crippen LogP contribution in [0.25, 0.3) is 6.08 Å². The summed E-state index contributed by atoms with van der Waals surface area (Å²) in [5.41, 5.74) is 0. The van der Waals surface area contributed by atoms with Gasteiger partial charge in [-0.05, 0) is 26.0 Å². The van der Waals surface area contributed by atoms with Crippen LogP contribution in [-0.2, 0) is 0 Å². The van der Waals surface area contributed by atoms with Crippen LogP contribution in [0, 0.1) is 0 Å². The molecule has 0 amide bonds. The van der Waals surface area contributed by atoms with Gasteiger partial charge in [-0.25, -0.2) is 0 Å². The second-order valence-corrected chi connectivity index (χ2v) is 5.38. The van der Waals surface area contributed by atoms with Crippen molar-refractivity contribution in [2.24, 2.45) is 0 Å². The third kappa shape index (κ3) is 4.31. The normalized spacial score (nSPS) is 12.9. The van der Waals surface area contributed by atoms with Crippen LogP contribution >= 0.6 is 11.3 Å². The van der Waals surface area contributed by atoms with Gasteiger partial charge in [0.25, 0.3) is 0 Å². The second-order valence-electron chi connectivity index (χ2n) is 4.37. The molecule has 0 radical (unpaired) electrons. The zero-order chi connectivity index (χ0) is 13.5. The van der Waals surface area contributed by atoms with Crippen LogP contribution in [-0.4, -0.2) is 38.8 Å². The van der Waals surface area contributed by atoms with Crippen LogP contribution < -0.4 is 15.0 Å². The Morgan fingerprint density at radius 3 is 2.78 bits per heavy atom. The van der Waals surface area contributed by atoms with E-state index in [9.17, 15) is 0 Å². The molecule has 1 atom stereocenters. The maximum atomic E-state index is 5.29. The van der Waals surface area contributed by atoms with Gasteiger partial charge in [-0.1, -0.05) is 24.3 Å². The molecule has 1 unspecified atom stereocenters. The lowest BCUT2D eigenvalue weighted by Crippen LogP contribution is -2.24. The summed E-state index contributed by atoms with van der Waals surface area (Å²) in [6, 6.07) is 0.361. The summed E-state index contributed by atoms with van der Waals surface area (Å²) >= 11 is 1.63. The number of aromatic nitrogens is 1. The van der Waals surface area contributed by atoms with E-state index in [4.69, 9.17) is 4.74 Å². The molecule has 18 heavy (non-hydrogen) atoms. The molecule has 0 aromatic carbocycles. The molecule has 102 valence electrons. The minimum atomic E-state index is 0.361.